The Morgan fingerprint density at radius 2 is 0.694 bits per heavy atom. The molecule has 0 amide bonds. The lowest BCUT2D eigenvalue weighted by Crippen LogP contribution is -2.30. The quantitative estimate of drug-likeness (QED) is 0.0262. The molecule has 0 saturated heterocycles. The summed E-state index contributed by atoms with van der Waals surface area (Å²) in [7, 11) is 0. The first kappa shape index (κ1) is 59.4. The zero-order chi connectivity index (χ0) is 45.1. The van der Waals surface area contributed by atoms with Gasteiger partial charge in [0.25, 0.3) is 0 Å². The molecule has 0 aromatic rings. The van der Waals surface area contributed by atoms with Gasteiger partial charge in [0.15, 0.2) is 6.10 Å². The van der Waals surface area contributed by atoms with Gasteiger partial charge in [0, 0.05) is 12.8 Å². The first-order valence-electron chi connectivity index (χ1n) is 26.6. The van der Waals surface area contributed by atoms with Crippen molar-refractivity contribution in [2.24, 2.45) is 0 Å². The number of esters is 3. The van der Waals surface area contributed by atoms with E-state index in [1.807, 2.05) is 6.08 Å². The minimum Gasteiger partial charge on any atom is -0.462 e. The SMILES string of the molecule is CC/C=C\C/C=C\C/C=C\CC(=O)OCC(COC(=O)CCCCCCCCCCCCCCCCCCCCC)OC(=O)CCCCCCC/C=C\CCCCCCCCC. The van der Waals surface area contributed by atoms with Gasteiger partial charge in [-0.2, -0.15) is 0 Å². The molecular weight excluding hydrogens is 769 g/mol. The summed E-state index contributed by atoms with van der Waals surface area (Å²) in [6, 6.07) is 0. The lowest BCUT2D eigenvalue weighted by Gasteiger charge is -2.18. The molecule has 62 heavy (non-hydrogen) atoms. The van der Waals surface area contributed by atoms with Gasteiger partial charge in [0.2, 0.25) is 0 Å². The summed E-state index contributed by atoms with van der Waals surface area (Å²) in [6.07, 6.45) is 61.4. The second-order valence-corrected chi connectivity index (χ2v) is 17.8. The third-order valence-corrected chi connectivity index (χ3v) is 11.6. The highest BCUT2D eigenvalue weighted by atomic mass is 16.6. The van der Waals surface area contributed by atoms with Crippen molar-refractivity contribution < 1.29 is 28.6 Å². The Hall–Kier alpha value is -2.63. The average molecular weight is 869 g/mol. The van der Waals surface area contributed by atoms with Crippen LogP contribution in [0.1, 0.15) is 271 Å². The van der Waals surface area contributed by atoms with Gasteiger partial charge in [-0.05, 0) is 57.8 Å². The van der Waals surface area contributed by atoms with Crippen molar-refractivity contribution in [2.75, 3.05) is 13.2 Å². The van der Waals surface area contributed by atoms with Gasteiger partial charge in [-0.3, -0.25) is 14.4 Å². The van der Waals surface area contributed by atoms with Crippen LogP contribution in [0.25, 0.3) is 0 Å². The van der Waals surface area contributed by atoms with Crippen molar-refractivity contribution in [3.63, 3.8) is 0 Å². The summed E-state index contributed by atoms with van der Waals surface area (Å²) in [6.45, 7) is 6.44. The maximum absolute atomic E-state index is 12.8. The second-order valence-electron chi connectivity index (χ2n) is 17.8. The molecule has 0 heterocycles. The first-order valence-corrected chi connectivity index (χ1v) is 26.6. The molecule has 0 saturated carbocycles. The van der Waals surface area contributed by atoms with Crippen LogP contribution < -0.4 is 0 Å². The summed E-state index contributed by atoms with van der Waals surface area (Å²) in [4.78, 5) is 37.8. The Bertz CT molecular complexity index is 1090. The molecule has 0 radical (unpaired) electrons. The molecule has 0 fully saturated rings. The predicted molar refractivity (Wildman–Crippen MR) is 265 cm³/mol. The summed E-state index contributed by atoms with van der Waals surface area (Å²) in [5.74, 6) is -1.03. The minimum atomic E-state index is -0.809. The topological polar surface area (TPSA) is 78.9 Å². The van der Waals surface area contributed by atoms with E-state index in [-0.39, 0.29) is 31.6 Å². The molecule has 1 atom stereocenters. The van der Waals surface area contributed by atoms with Crippen LogP contribution in [0, 0.1) is 0 Å². The molecule has 0 aromatic heterocycles. The van der Waals surface area contributed by atoms with Gasteiger partial charge >= 0.3 is 17.9 Å². The molecule has 0 spiro atoms. The summed E-state index contributed by atoms with van der Waals surface area (Å²) in [5, 5.41) is 0. The van der Waals surface area contributed by atoms with E-state index in [0.29, 0.717) is 12.8 Å². The van der Waals surface area contributed by atoms with Gasteiger partial charge in [-0.1, -0.05) is 243 Å². The number of hydrogen-bond donors (Lipinski definition) is 0. The number of unbranched alkanes of at least 4 members (excludes halogenated alkanes) is 30. The third-order valence-electron chi connectivity index (χ3n) is 11.6. The van der Waals surface area contributed by atoms with Crippen molar-refractivity contribution in [3.05, 3.63) is 48.6 Å². The zero-order valence-corrected chi connectivity index (χ0v) is 41.1. The highest BCUT2D eigenvalue weighted by Crippen LogP contribution is 2.16. The highest BCUT2D eigenvalue weighted by molar-refractivity contribution is 5.72. The first-order chi connectivity index (χ1) is 30.5. The van der Waals surface area contributed by atoms with E-state index in [9.17, 15) is 14.4 Å². The lowest BCUT2D eigenvalue weighted by molar-refractivity contribution is -0.166. The fourth-order valence-electron chi connectivity index (χ4n) is 7.62. The number of carbonyl (C=O) groups excluding carboxylic acids is 3. The van der Waals surface area contributed by atoms with Crippen molar-refractivity contribution in [2.45, 2.75) is 277 Å². The number of rotatable bonds is 48. The van der Waals surface area contributed by atoms with E-state index >= 15 is 0 Å². The van der Waals surface area contributed by atoms with Crippen molar-refractivity contribution in [1.29, 1.82) is 0 Å². The molecule has 0 rings (SSSR count). The average Bonchev–Trinajstić information content (AvgIpc) is 3.27. The molecule has 0 aromatic carbocycles. The number of hydrogen-bond acceptors (Lipinski definition) is 6. The number of ether oxygens (including phenoxy) is 3. The standard InChI is InChI=1S/C56H100O6/c1-4-7-10-13-16-19-21-23-25-27-28-29-31-32-34-37-40-43-46-49-55(58)61-52-53(51-60-54(57)48-45-42-39-36-18-15-12-9-6-3)62-56(59)50-47-44-41-38-35-33-30-26-24-22-20-17-14-11-8-5-2/h9,12,18,26,30,36,42,45,53H,4-8,10-11,13-17,19-25,27-29,31-35,37-41,43-44,46-52H2,1-3H3/b12-9-,30-26-,36-18-,45-42-. The molecule has 1 unspecified atom stereocenters. The fraction of sp³-hybridized carbons (Fsp3) is 0.804. The van der Waals surface area contributed by atoms with Crippen molar-refractivity contribution in [3.8, 4) is 0 Å². The van der Waals surface area contributed by atoms with E-state index in [0.717, 1.165) is 70.6 Å². The van der Waals surface area contributed by atoms with E-state index in [1.54, 1.807) is 6.08 Å². The van der Waals surface area contributed by atoms with E-state index in [2.05, 4.69) is 57.2 Å². The summed E-state index contributed by atoms with van der Waals surface area (Å²) in [5.41, 5.74) is 0. The summed E-state index contributed by atoms with van der Waals surface area (Å²) < 4.78 is 16.7. The van der Waals surface area contributed by atoms with Gasteiger partial charge in [-0.25, -0.2) is 0 Å². The van der Waals surface area contributed by atoms with Gasteiger partial charge < -0.3 is 14.2 Å². The Morgan fingerprint density at radius 1 is 0.355 bits per heavy atom. The molecule has 0 bridgehead atoms. The zero-order valence-electron chi connectivity index (χ0n) is 41.1. The van der Waals surface area contributed by atoms with Crippen molar-refractivity contribution >= 4 is 17.9 Å². The molecule has 6 nitrogen and oxygen atoms in total. The Morgan fingerprint density at radius 3 is 1.11 bits per heavy atom. The Kier molecular flexibility index (Phi) is 48.8. The molecule has 6 heteroatoms. The molecule has 0 N–H and O–H groups in total. The minimum absolute atomic E-state index is 0.101. The van der Waals surface area contributed by atoms with E-state index < -0.39 is 12.1 Å². The normalized spacial score (nSPS) is 12.4. The third kappa shape index (κ3) is 48.4. The van der Waals surface area contributed by atoms with Crippen LogP contribution in [-0.2, 0) is 28.6 Å². The van der Waals surface area contributed by atoms with Crippen LogP contribution in [0.5, 0.6) is 0 Å². The van der Waals surface area contributed by atoms with Crippen LogP contribution >= 0.6 is 0 Å². The van der Waals surface area contributed by atoms with Gasteiger partial charge in [-0.15, -0.1) is 0 Å². The summed E-state index contributed by atoms with van der Waals surface area (Å²) >= 11 is 0. The Labute approximate surface area is 384 Å². The van der Waals surface area contributed by atoms with Crippen LogP contribution in [0.3, 0.4) is 0 Å². The van der Waals surface area contributed by atoms with Crippen LogP contribution in [0.15, 0.2) is 48.6 Å². The second kappa shape index (κ2) is 51.0. The molecule has 360 valence electrons. The lowest BCUT2D eigenvalue weighted by atomic mass is 10.0. The van der Waals surface area contributed by atoms with E-state index in [1.165, 1.54) is 161 Å². The van der Waals surface area contributed by atoms with Crippen LogP contribution in [0.2, 0.25) is 0 Å². The molecular formula is C56H100O6. The Balaban J connectivity index is 4.31. The molecule has 0 aliphatic heterocycles. The highest BCUT2D eigenvalue weighted by Gasteiger charge is 2.19. The van der Waals surface area contributed by atoms with Gasteiger partial charge in [0.1, 0.15) is 13.2 Å². The predicted octanol–water partition coefficient (Wildman–Crippen LogP) is 17.5. The maximum Gasteiger partial charge on any atom is 0.309 e. The number of carbonyl (C=O) groups is 3. The van der Waals surface area contributed by atoms with Crippen molar-refractivity contribution in [1.82, 2.24) is 0 Å². The van der Waals surface area contributed by atoms with Crippen LogP contribution in [0.4, 0.5) is 0 Å². The fourth-order valence-corrected chi connectivity index (χ4v) is 7.62. The molecule has 0 aliphatic carbocycles. The van der Waals surface area contributed by atoms with Crippen LogP contribution in [-0.4, -0.2) is 37.2 Å². The maximum atomic E-state index is 12.8. The largest absolute Gasteiger partial charge is 0.462 e. The van der Waals surface area contributed by atoms with E-state index in [4.69, 9.17) is 14.2 Å². The van der Waals surface area contributed by atoms with Gasteiger partial charge in [0.05, 0.1) is 6.42 Å². The monoisotopic (exact) mass is 869 g/mol. The molecule has 0 aliphatic rings. The smallest absolute Gasteiger partial charge is 0.309 e. The number of allylic oxidation sites excluding steroid dienone is 7.